The van der Waals surface area contributed by atoms with Gasteiger partial charge in [-0.1, -0.05) is 47.5 Å². The maximum absolute atomic E-state index is 13.4. The third-order valence-corrected chi connectivity index (χ3v) is 5.79. The summed E-state index contributed by atoms with van der Waals surface area (Å²) in [6.07, 6.45) is -4.64. The molecule has 1 aromatic heterocycles. The van der Waals surface area contributed by atoms with Crippen LogP contribution in [0.25, 0.3) is 16.8 Å². The van der Waals surface area contributed by atoms with Crippen molar-refractivity contribution < 1.29 is 27.4 Å². The Morgan fingerprint density at radius 3 is 2.06 bits per heavy atom. The Bertz CT molecular complexity index is 1320. The molecule has 0 saturated carbocycles. The highest BCUT2D eigenvalue weighted by molar-refractivity contribution is 6.37. The number of methoxy groups -OCH3 is 2. The number of hydrogen-bond acceptors (Lipinski definition) is 4. The van der Waals surface area contributed by atoms with Gasteiger partial charge in [-0.3, -0.25) is 0 Å². The summed E-state index contributed by atoms with van der Waals surface area (Å²) >= 11 is 12.4. The van der Waals surface area contributed by atoms with Gasteiger partial charge in [0.1, 0.15) is 18.0 Å². The highest BCUT2D eigenvalue weighted by atomic mass is 35.5. The van der Waals surface area contributed by atoms with Gasteiger partial charge >= 0.3 is 6.18 Å². The van der Waals surface area contributed by atoms with Crippen LogP contribution in [-0.4, -0.2) is 24.0 Å². The van der Waals surface area contributed by atoms with Gasteiger partial charge in [-0.25, -0.2) is 4.68 Å². The molecule has 0 aliphatic heterocycles. The first kappa shape index (κ1) is 24.8. The van der Waals surface area contributed by atoms with Crippen molar-refractivity contribution in [2.24, 2.45) is 0 Å². The Hall–Kier alpha value is -3.36. The van der Waals surface area contributed by atoms with E-state index in [9.17, 15) is 13.2 Å². The summed E-state index contributed by atoms with van der Waals surface area (Å²) in [5.74, 6) is 1.67. The van der Waals surface area contributed by atoms with Crippen LogP contribution in [-0.2, 0) is 12.8 Å². The van der Waals surface area contributed by atoms with Gasteiger partial charge in [-0.2, -0.15) is 18.3 Å². The summed E-state index contributed by atoms with van der Waals surface area (Å²) in [6, 6.07) is 18.2. The molecule has 0 radical (unpaired) electrons. The molecule has 0 saturated heterocycles. The van der Waals surface area contributed by atoms with Crippen LogP contribution in [0.4, 0.5) is 13.2 Å². The quantitative estimate of drug-likeness (QED) is 0.252. The molecule has 0 unspecified atom stereocenters. The van der Waals surface area contributed by atoms with E-state index in [0.29, 0.717) is 17.2 Å². The van der Waals surface area contributed by atoms with Crippen LogP contribution in [0.5, 0.6) is 17.2 Å². The van der Waals surface area contributed by atoms with Gasteiger partial charge in [-0.05, 0) is 53.6 Å². The molecule has 4 aromatic rings. The summed E-state index contributed by atoms with van der Waals surface area (Å²) < 4.78 is 57.5. The van der Waals surface area contributed by atoms with Gasteiger partial charge in [0.25, 0.3) is 0 Å². The Labute approximate surface area is 209 Å². The van der Waals surface area contributed by atoms with Crippen LogP contribution in [0.15, 0.2) is 66.7 Å². The SMILES string of the molecule is COc1ccc(-c2ccc(OCc3cc(C(F)(F)F)nn3-c3c(Cl)cccc3Cl)cc2)cc1OC. The van der Waals surface area contributed by atoms with Crippen LogP contribution >= 0.6 is 23.2 Å². The molecule has 0 aliphatic carbocycles. The van der Waals surface area contributed by atoms with E-state index in [4.69, 9.17) is 37.4 Å². The molecule has 182 valence electrons. The fourth-order valence-corrected chi connectivity index (χ4v) is 4.02. The Balaban J connectivity index is 1.59. The summed E-state index contributed by atoms with van der Waals surface area (Å²) in [5.41, 5.74) is 1.00. The number of para-hydroxylation sites is 1. The highest BCUT2D eigenvalue weighted by Crippen LogP contribution is 2.35. The van der Waals surface area contributed by atoms with Gasteiger partial charge in [-0.15, -0.1) is 0 Å². The number of benzene rings is 3. The molecular weight excluding hydrogens is 504 g/mol. The molecule has 0 bridgehead atoms. The van der Waals surface area contributed by atoms with E-state index in [0.717, 1.165) is 21.9 Å². The van der Waals surface area contributed by atoms with Crippen molar-refractivity contribution in [2.75, 3.05) is 14.2 Å². The molecule has 5 nitrogen and oxygen atoms in total. The van der Waals surface area contributed by atoms with Gasteiger partial charge in [0.05, 0.1) is 30.0 Å². The van der Waals surface area contributed by atoms with Crippen LogP contribution < -0.4 is 14.2 Å². The zero-order valence-corrected chi connectivity index (χ0v) is 20.1. The zero-order valence-electron chi connectivity index (χ0n) is 18.6. The van der Waals surface area contributed by atoms with Gasteiger partial charge < -0.3 is 14.2 Å². The van der Waals surface area contributed by atoms with Crippen LogP contribution in [0.2, 0.25) is 10.0 Å². The molecule has 4 rings (SSSR count). The number of halogens is 5. The first-order valence-corrected chi connectivity index (χ1v) is 11.0. The van der Waals surface area contributed by atoms with Crippen molar-refractivity contribution in [3.8, 4) is 34.1 Å². The second-order valence-electron chi connectivity index (χ2n) is 7.38. The van der Waals surface area contributed by atoms with Crippen molar-refractivity contribution in [3.05, 3.63) is 88.2 Å². The Morgan fingerprint density at radius 2 is 1.46 bits per heavy atom. The maximum atomic E-state index is 13.4. The summed E-state index contributed by atoms with van der Waals surface area (Å²) in [6.45, 7) is -0.194. The van der Waals surface area contributed by atoms with E-state index in [1.807, 2.05) is 24.3 Å². The lowest BCUT2D eigenvalue weighted by molar-refractivity contribution is -0.141. The number of nitrogens with zero attached hydrogens (tertiary/aromatic N) is 2. The predicted octanol–water partition coefficient (Wildman–Crippen LogP) is 7.46. The minimum Gasteiger partial charge on any atom is -0.493 e. The molecule has 0 spiro atoms. The van der Waals surface area contributed by atoms with Crippen LogP contribution in [0, 0.1) is 0 Å². The topological polar surface area (TPSA) is 45.5 Å². The van der Waals surface area contributed by atoms with E-state index in [1.54, 1.807) is 38.5 Å². The number of ether oxygens (including phenoxy) is 3. The highest BCUT2D eigenvalue weighted by Gasteiger charge is 2.35. The fraction of sp³-hybridized carbons (Fsp3) is 0.160. The normalized spacial score (nSPS) is 11.4. The Kier molecular flexibility index (Phi) is 7.14. The third kappa shape index (κ3) is 5.33. The van der Waals surface area contributed by atoms with Crippen molar-refractivity contribution in [2.45, 2.75) is 12.8 Å². The molecule has 0 aliphatic rings. The molecular formula is C25H19Cl2F3N2O3. The monoisotopic (exact) mass is 522 g/mol. The van der Waals surface area contributed by atoms with E-state index in [-0.39, 0.29) is 28.0 Å². The number of rotatable bonds is 7. The average Bonchev–Trinajstić information content (AvgIpc) is 3.27. The lowest BCUT2D eigenvalue weighted by Gasteiger charge is -2.13. The first-order chi connectivity index (χ1) is 16.7. The number of alkyl halides is 3. The van der Waals surface area contributed by atoms with Gasteiger partial charge in [0.15, 0.2) is 17.2 Å². The van der Waals surface area contributed by atoms with Crippen molar-refractivity contribution >= 4 is 23.2 Å². The average molecular weight is 523 g/mol. The maximum Gasteiger partial charge on any atom is 0.435 e. The number of hydrogen-bond donors (Lipinski definition) is 0. The van der Waals surface area contributed by atoms with Crippen molar-refractivity contribution in [1.82, 2.24) is 9.78 Å². The van der Waals surface area contributed by atoms with E-state index < -0.39 is 11.9 Å². The molecule has 3 aromatic carbocycles. The van der Waals surface area contributed by atoms with Crippen molar-refractivity contribution in [1.29, 1.82) is 0 Å². The molecule has 0 fully saturated rings. The standard InChI is InChI=1S/C25H19Cl2F3N2O3/c1-33-21-11-8-16(12-22(21)34-2)15-6-9-18(10-7-15)35-14-17-13-23(25(28,29)30)31-32(17)24-19(26)4-3-5-20(24)27/h3-13H,14H2,1-2H3. The second kappa shape index (κ2) is 10.1. The van der Waals surface area contributed by atoms with E-state index in [1.165, 1.54) is 12.1 Å². The first-order valence-electron chi connectivity index (χ1n) is 10.3. The van der Waals surface area contributed by atoms with Crippen molar-refractivity contribution in [3.63, 3.8) is 0 Å². The van der Waals surface area contributed by atoms with E-state index in [2.05, 4.69) is 5.10 Å². The predicted molar refractivity (Wildman–Crippen MR) is 128 cm³/mol. The fourth-order valence-electron chi connectivity index (χ4n) is 3.46. The third-order valence-electron chi connectivity index (χ3n) is 5.18. The molecule has 0 N–H and O–H groups in total. The lowest BCUT2D eigenvalue weighted by Crippen LogP contribution is -2.09. The molecule has 0 amide bonds. The number of aromatic nitrogens is 2. The van der Waals surface area contributed by atoms with Gasteiger partial charge in [0, 0.05) is 0 Å². The molecule has 10 heteroatoms. The zero-order chi connectivity index (χ0) is 25.2. The van der Waals surface area contributed by atoms with Crippen LogP contribution in [0.3, 0.4) is 0 Å². The lowest BCUT2D eigenvalue weighted by atomic mass is 10.1. The van der Waals surface area contributed by atoms with E-state index >= 15 is 0 Å². The summed E-state index contributed by atoms with van der Waals surface area (Å²) in [5, 5.41) is 4.01. The van der Waals surface area contributed by atoms with Crippen LogP contribution in [0.1, 0.15) is 11.4 Å². The smallest absolute Gasteiger partial charge is 0.435 e. The molecule has 0 atom stereocenters. The largest absolute Gasteiger partial charge is 0.493 e. The minimum atomic E-state index is -4.64. The second-order valence-corrected chi connectivity index (χ2v) is 8.20. The minimum absolute atomic E-state index is 0.135. The van der Waals surface area contributed by atoms with Gasteiger partial charge in [0.2, 0.25) is 0 Å². The molecule has 35 heavy (non-hydrogen) atoms. The Morgan fingerprint density at radius 1 is 0.829 bits per heavy atom. The molecule has 1 heterocycles. The summed E-state index contributed by atoms with van der Waals surface area (Å²) in [4.78, 5) is 0. The summed E-state index contributed by atoms with van der Waals surface area (Å²) in [7, 11) is 3.12.